The van der Waals surface area contributed by atoms with Crippen LogP contribution in [0.1, 0.15) is 29.0 Å². The Kier molecular flexibility index (Phi) is 4.11. The van der Waals surface area contributed by atoms with E-state index in [-0.39, 0.29) is 6.61 Å². The summed E-state index contributed by atoms with van der Waals surface area (Å²) >= 11 is 0. The van der Waals surface area contributed by atoms with Crippen molar-refractivity contribution in [2.75, 3.05) is 6.61 Å². The van der Waals surface area contributed by atoms with Gasteiger partial charge in [0.2, 0.25) is 11.7 Å². The van der Waals surface area contributed by atoms with E-state index in [1.807, 2.05) is 43.3 Å². The van der Waals surface area contributed by atoms with Crippen molar-refractivity contribution in [2.24, 2.45) is 0 Å². The Balaban J connectivity index is 1.51. The van der Waals surface area contributed by atoms with Crippen molar-refractivity contribution in [3.05, 3.63) is 71.1 Å². The molecule has 1 atom stereocenters. The second kappa shape index (κ2) is 6.43. The zero-order valence-electron chi connectivity index (χ0n) is 14.2. The molecule has 3 aromatic rings. The van der Waals surface area contributed by atoms with Gasteiger partial charge in [-0.05, 0) is 30.9 Å². The molecule has 0 amide bonds. The number of aliphatic hydroxyl groups excluding tert-OH is 1. The lowest BCUT2D eigenvalue weighted by atomic mass is 9.92. The fourth-order valence-electron chi connectivity index (χ4n) is 3.48. The highest BCUT2D eigenvalue weighted by atomic mass is 16.5. The molecule has 25 heavy (non-hydrogen) atoms. The van der Waals surface area contributed by atoms with E-state index in [9.17, 15) is 5.11 Å². The van der Waals surface area contributed by atoms with Crippen LogP contribution in [0.3, 0.4) is 0 Å². The molecule has 0 bridgehead atoms. The van der Waals surface area contributed by atoms with Gasteiger partial charge >= 0.3 is 0 Å². The first-order chi connectivity index (χ1) is 12.2. The molecule has 1 aromatic heterocycles. The number of nitrogens with zero attached hydrogens (tertiary/aromatic N) is 2. The molecule has 1 aliphatic carbocycles. The highest BCUT2D eigenvalue weighted by molar-refractivity contribution is 5.54. The summed E-state index contributed by atoms with van der Waals surface area (Å²) in [6, 6.07) is 16.3. The fraction of sp³-hybridized carbons (Fsp3) is 0.300. The van der Waals surface area contributed by atoms with Crippen molar-refractivity contribution in [1.82, 2.24) is 15.5 Å². The Morgan fingerprint density at radius 2 is 1.96 bits per heavy atom. The van der Waals surface area contributed by atoms with Crippen molar-refractivity contribution >= 4 is 0 Å². The molecule has 2 N–H and O–H groups in total. The molecular formula is C20H21N3O2. The molecule has 1 aliphatic rings. The summed E-state index contributed by atoms with van der Waals surface area (Å²) in [5.74, 6) is 1.11. The first-order valence-electron chi connectivity index (χ1n) is 8.54. The summed E-state index contributed by atoms with van der Waals surface area (Å²) in [5.41, 5.74) is 4.14. The molecule has 0 spiro atoms. The molecule has 0 fully saturated rings. The zero-order valence-corrected chi connectivity index (χ0v) is 14.2. The highest BCUT2D eigenvalue weighted by Crippen LogP contribution is 2.36. The van der Waals surface area contributed by atoms with E-state index in [0.29, 0.717) is 18.3 Å². The first kappa shape index (κ1) is 16.0. The molecule has 0 radical (unpaired) electrons. The van der Waals surface area contributed by atoms with E-state index < -0.39 is 5.54 Å². The predicted octanol–water partition coefficient (Wildman–Crippen LogP) is 2.97. The van der Waals surface area contributed by atoms with E-state index in [4.69, 9.17) is 4.52 Å². The summed E-state index contributed by atoms with van der Waals surface area (Å²) in [6.07, 6.45) is 1.82. The third-order valence-corrected chi connectivity index (χ3v) is 4.98. The lowest BCUT2D eigenvalue weighted by Crippen LogP contribution is -2.43. The van der Waals surface area contributed by atoms with Gasteiger partial charge in [-0.2, -0.15) is 4.98 Å². The van der Waals surface area contributed by atoms with Crippen LogP contribution in [-0.2, 0) is 18.5 Å². The molecule has 5 heteroatoms. The van der Waals surface area contributed by atoms with Gasteiger partial charge in [0.05, 0.1) is 18.7 Å². The molecule has 1 heterocycles. The SMILES string of the molecule is Cc1ccc(-c2noc(CNC3(CO)CCc4ccccc43)n2)cc1. The third kappa shape index (κ3) is 2.97. The van der Waals surface area contributed by atoms with Crippen molar-refractivity contribution in [3.63, 3.8) is 0 Å². The fourth-order valence-corrected chi connectivity index (χ4v) is 3.48. The van der Waals surface area contributed by atoms with E-state index in [1.165, 1.54) is 11.1 Å². The Bertz CT molecular complexity index is 873. The van der Waals surface area contributed by atoms with E-state index in [2.05, 4.69) is 27.6 Å². The number of aromatic nitrogens is 2. The van der Waals surface area contributed by atoms with Gasteiger partial charge in [0, 0.05) is 5.56 Å². The van der Waals surface area contributed by atoms with Crippen LogP contribution in [0.25, 0.3) is 11.4 Å². The van der Waals surface area contributed by atoms with Crippen molar-refractivity contribution in [2.45, 2.75) is 31.8 Å². The van der Waals surface area contributed by atoms with E-state index >= 15 is 0 Å². The summed E-state index contributed by atoms with van der Waals surface area (Å²) < 4.78 is 5.38. The lowest BCUT2D eigenvalue weighted by molar-refractivity contribution is 0.154. The number of hydrogen-bond donors (Lipinski definition) is 2. The van der Waals surface area contributed by atoms with Gasteiger partial charge in [0.15, 0.2) is 0 Å². The number of nitrogens with one attached hydrogen (secondary N) is 1. The Labute approximate surface area is 146 Å². The smallest absolute Gasteiger partial charge is 0.240 e. The molecule has 4 rings (SSSR count). The zero-order chi connectivity index (χ0) is 17.3. The monoisotopic (exact) mass is 335 g/mol. The van der Waals surface area contributed by atoms with Crippen LogP contribution in [0, 0.1) is 6.92 Å². The second-order valence-corrected chi connectivity index (χ2v) is 6.63. The van der Waals surface area contributed by atoms with Gasteiger partial charge in [-0.25, -0.2) is 0 Å². The molecule has 1 unspecified atom stereocenters. The van der Waals surface area contributed by atoms with Crippen LogP contribution >= 0.6 is 0 Å². The second-order valence-electron chi connectivity index (χ2n) is 6.63. The highest BCUT2D eigenvalue weighted by Gasteiger charge is 2.37. The van der Waals surface area contributed by atoms with Crippen LogP contribution in [0.5, 0.6) is 0 Å². The van der Waals surface area contributed by atoms with Crippen LogP contribution in [0.2, 0.25) is 0 Å². The standard InChI is InChI=1S/C20H21N3O2/c1-14-6-8-16(9-7-14)19-22-18(25-23-19)12-21-20(13-24)11-10-15-4-2-3-5-17(15)20/h2-9,21,24H,10-13H2,1H3. The first-order valence-corrected chi connectivity index (χ1v) is 8.54. The van der Waals surface area contributed by atoms with Crippen LogP contribution < -0.4 is 5.32 Å². The van der Waals surface area contributed by atoms with Gasteiger partial charge in [0.25, 0.3) is 0 Å². The summed E-state index contributed by atoms with van der Waals surface area (Å²) in [4.78, 5) is 4.47. The average molecular weight is 335 g/mol. The topological polar surface area (TPSA) is 71.2 Å². The van der Waals surface area contributed by atoms with Gasteiger partial charge in [0.1, 0.15) is 0 Å². The summed E-state index contributed by atoms with van der Waals surface area (Å²) in [6.45, 7) is 2.51. The minimum atomic E-state index is -0.435. The Morgan fingerprint density at radius 1 is 1.16 bits per heavy atom. The average Bonchev–Trinajstić information content (AvgIpc) is 3.26. The summed E-state index contributed by atoms with van der Waals surface area (Å²) in [5, 5.41) is 17.5. The largest absolute Gasteiger partial charge is 0.394 e. The quantitative estimate of drug-likeness (QED) is 0.750. The van der Waals surface area contributed by atoms with Gasteiger partial charge in [-0.15, -0.1) is 0 Å². The molecule has 2 aromatic carbocycles. The van der Waals surface area contributed by atoms with Crippen LogP contribution in [0.15, 0.2) is 53.1 Å². The molecule has 0 saturated carbocycles. The van der Waals surface area contributed by atoms with Crippen molar-refractivity contribution < 1.29 is 9.63 Å². The van der Waals surface area contributed by atoms with E-state index in [1.54, 1.807) is 0 Å². The van der Waals surface area contributed by atoms with Crippen molar-refractivity contribution in [3.8, 4) is 11.4 Å². The number of rotatable bonds is 5. The molecule has 0 aliphatic heterocycles. The van der Waals surface area contributed by atoms with E-state index in [0.717, 1.165) is 24.0 Å². The molecular weight excluding hydrogens is 314 g/mol. The number of aliphatic hydroxyl groups is 1. The number of aryl methyl sites for hydroxylation is 2. The Hall–Kier alpha value is -2.50. The van der Waals surface area contributed by atoms with Crippen LogP contribution in [-0.4, -0.2) is 21.9 Å². The maximum absolute atomic E-state index is 10.0. The predicted molar refractivity (Wildman–Crippen MR) is 94.8 cm³/mol. The molecule has 128 valence electrons. The number of fused-ring (bicyclic) bond motifs is 1. The van der Waals surface area contributed by atoms with Crippen LogP contribution in [0.4, 0.5) is 0 Å². The summed E-state index contributed by atoms with van der Waals surface area (Å²) in [7, 11) is 0. The number of benzene rings is 2. The minimum Gasteiger partial charge on any atom is -0.394 e. The maximum Gasteiger partial charge on any atom is 0.240 e. The van der Waals surface area contributed by atoms with Gasteiger partial charge in [-0.3, -0.25) is 5.32 Å². The lowest BCUT2D eigenvalue weighted by Gasteiger charge is -2.29. The molecule has 5 nitrogen and oxygen atoms in total. The van der Waals surface area contributed by atoms with Gasteiger partial charge in [-0.1, -0.05) is 59.3 Å². The normalized spacial score (nSPS) is 19.1. The third-order valence-electron chi connectivity index (χ3n) is 4.98. The maximum atomic E-state index is 10.0. The Morgan fingerprint density at radius 3 is 2.76 bits per heavy atom. The van der Waals surface area contributed by atoms with Crippen molar-refractivity contribution in [1.29, 1.82) is 0 Å². The number of hydrogen-bond acceptors (Lipinski definition) is 5. The minimum absolute atomic E-state index is 0.0446. The molecule has 0 saturated heterocycles. The van der Waals surface area contributed by atoms with Gasteiger partial charge < -0.3 is 9.63 Å².